The van der Waals surface area contributed by atoms with Crippen LogP contribution < -0.4 is 5.32 Å². The van der Waals surface area contributed by atoms with Crippen molar-refractivity contribution in [2.45, 2.75) is 57.9 Å². The van der Waals surface area contributed by atoms with Crippen molar-refractivity contribution >= 4 is 0 Å². The molecule has 1 aromatic heterocycles. The van der Waals surface area contributed by atoms with Gasteiger partial charge in [0.2, 0.25) is 0 Å². The van der Waals surface area contributed by atoms with Gasteiger partial charge in [0.05, 0.1) is 0 Å². The van der Waals surface area contributed by atoms with Crippen LogP contribution in [0.3, 0.4) is 0 Å². The van der Waals surface area contributed by atoms with Crippen molar-refractivity contribution in [3.05, 3.63) is 18.2 Å². The zero-order valence-corrected chi connectivity index (χ0v) is 11.6. The number of rotatable bonds is 9. The van der Waals surface area contributed by atoms with Crippen molar-refractivity contribution in [2.75, 3.05) is 7.05 Å². The highest BCUT2D eigenvalue weighted by Gasteiger charge is 2.07. The van der Waals surface area contributed by atoms with Crippen LogP contribution in [0, 0.1) is 0 Å². The van der Waals surface area contributed by atoms with Crippen molar-refractivity contribution in [2.24, 2.45) is 7.05 Å². The van der Waals surface area contributed by atoms with E-state index in [1.54, 1.807) is 0 Å². The van der Waals surface area contributed by atoms with E-state index < -0.39 is 0 Å². The molecule has 0 radical (unpaired) electrons. The van der Waals surface area contributed by atoms with E-state index in [1.807, 2.05) is 12.4 Å². The summed E-state index contributed by atoms with van der Waals surface area (Å²) in [5, 5.41) is 3.42. The first kappa shape index (κ1) is 14.2. The average Bonchev–Trinajstić information content (AvgIpc) is 2.74. The highest BCUT2D eigenvalue weighted by atomic mass is 15.0. The van der Waals surface area contributed by atoms with Gasteiger partial charge in [0.15, 0.2) is 0 Å². The molecule has 0 fully saturated rings. The molecule has 0 aromatic carbocycles. The zero-order chi connectivity index (χ0) is 12.5. The van der Waals surface area contributed by atoms with Gasteiger partial charge in [-0.1, -0.05) is 32.6 Å². The number of hydrogen-bond donors (Lipinski definition) is 1. The van der Waals surface area contributed by atoms with E-state index in [9.17, 15) is 0 Å². The summed E-state index contributed by atoms with van der Waals surface area (Å²) < 4.78 is 2.11. The number of unbranched alkanes of at least 4 members (excludes halogenated alkanes) is 3. The Kier molecular flexibility index (Phi) is 6.94. The Hall–Kier alpha value is -0.830. The third-order valence-corrected chi connectivity index (χ3v) is 3.45. The molecule has 17 heavy (non-hydrogen) atoms. The summed E-state index contributed by atoms with van der Waals surface area (Å²) in [6, 6.07) is 0.642. The molecule has 0 aliphatic carbocycles. The fourth-order valence-corrected chi connectivity index (χ4v) is 2.19. The first-order valence-corrected chi connectivity index (χ1v) is 6.91. The van der Waals surface area contributed by atoms with Gasteiger partial charge < -0.3 is 9.88 Å². The Balaban J connectivity index is 2.20. The van der Waals surface area contributed by atoms with E-state index in [1.165, 1.54) is 44.3 Å². The number of aryl methyl sites for hydroxylation is 2. The first-order chi connectivity index (χ1) is 8.27. The smallest absolute Gasteiger partial charge is 0.108 e. The summed E-state index contributed by atoms with van der Waals surface area (Å²) in [5.41, 5.74) is 0. The Morgan fingerprint density at radius 2 is 2.12 bits per heavy atom. The van der Waals surface area contributed by atoms with Gasteiger partial charge in [0.1, 0.15) is 5.82 Å². The monoisotopic (exact) mass is 237 g/mol. The van der Waals surface area contributed by atoms with Crippen molar-refractivity contribution in [3.8, 4) is 0 Å². The Morgan fingerprint density at radius 1 is 1.29 bits per heavy atom. The molecule has 0 spiro atoms. The Labute approximate surface area is 106 Å². The summed E-state index contributed by atoms with van der Waals surface area (Å²) >= 11 is 0. The Morgan fingerprint density at radius 3 is 2.71 bits per heavy atom. The third kappa shape index (κ3) is 5.35. The highest BCUT2D eigenvalue weighted by Crippen LogP contribution is 2.10. The van der Waals surface area contributed by atoms with E-state index in [0.29, 0.717) is 6.04 Å². The van der Waals surface area contributed by atoms with Crippen LogP contribution in [0.1, 0.15) is 51.3 Å². The fraction of sp³-hybridized carbons (Fsp3) is 0.786. The fourth-order valence-electron chi connectivity index (χ4n) is 2.19. The van der Waals surface area contributed by atoms with Crippen molar-refractivity contribution < 1.29 is 0 Å². The SMILES string of the molecule is CCCCCCC(CCc1nccn1C)NC. The standard InChI is InChI=1S/C14H27N3/c1-4-5-6-7-8-13(15-2)9-10-14-16-11-12-17(14)3/h11-13,15H,4-10H2,1-3H3. The molecule has 0 saturated carbocycles. The number of hydrogen-bond acceptors (Lipinski definition) is 2. The molecule has 1 N–H and O–H groups in total. The molecular weight excluding hydrogens is 210 g/mol. The number of nitrogens with one attached hydrogen (secondary N) is 1. The number of aromatic nitrogens is 2. The normalized spacial score (nSPS) is 12.9. The molecule has 0 amide bonds. The summed E-state index contributed by atoms with van der Waals surface area (Å²) in [7, 11) is 4.14. The van der Waals surface area contributed by atoms with E-state index in [2.05, 4.69) is 35.9 Å². The van der Waals surface area contributed by atoms with Crippen molar-refractivity contribution in [1.29, 1.82) is 0 Å². The lowest BCUT2D eigenvalue weighted by molar-refractivity contribution is 0.455. The second kappa shape index (κ2) is 8.29. The largest absolute Gasteiger partial charge is 0.338 e. The molecule has 1 rings (SSSR count). The lowest BCUT2D eigenvalue weighted by Crippen LogP contribution is -2.26. The molecule has 0 aliphatic rings. The highest BCUT2D eigenvalue weighted by molar-refractivity contribution is 4.91. The maximum Gasteiger partial charge on any atom is 0.108 e. The first-order valence-electron chi connectivity index (χ1n) is 6.91. The van der Waals surface area contributed by atoms with Gasteiger partial charge in [-0.05, 0) is 19.9 Å². The van der Waals surface area contributed by atoms with Crippen molar-refractivity contribution in [3.63, 3.8) is 0 Å². The van der Waals surface area contributed by atoms with E-state index in [-0.39, 0.29) is 0 Å². The van der Waals surface area contributed by atoms with Crippen LogP contribution in [-0.2, 0) is 13.5 Å². The second-order valence-corrected chi connectivity index (χ2v) is 4.83. The molecule has 0 aliphatic heterocycles. The van der Waals surface area contributed by atoms with Gasteiger partial charge >= 0.3 is 0 Å². The average molecular weight is 237 g/mol. The van der Waals surface area contributed by atoms with Gasteiger partial charge in [0.25, 0.3) is 0 Å². The molecule has 1 aromatic rings. The predicted molar refractivity (Wildman–Crippen MR) is 73.1 cm³/mol. The number of nitrogens with zero attached hydrogens (tertiary/aromatic N) is 2. The topological polar surface area (TPSA) is 29.9 Å². The maximum absolute atomic E-state index is 4.37. The quantitative estimate of drug-likeness (QED) is 0.669. The van der Waals surface area contributed by atoms with Crippen LogP contribution in [0.25, 0.3) is 0 Å². The second-order valence-electron chi connectivity index (χ2n) is 4.83. The minimum atomic E-state index is 0.642. The lowest BCUT2D eigenvalue weighted by Gasteiger charge is -2.15. The van der Waals surface area contributed by atoms with Crippen molar-refractivity contribution in [1.82, 2.24) is 14.9 Å². The molecular formula is C14H27N3. The van der Waals surface area contributed by atoms with Crippen LogP contribution in [-0.4, -0.2) is 22.6 Å². The van der Waals surface area contributed by atoms with Crippen LogP contribution in [0.5, 0.6) is 0 Å². The third-order valence-electron chi connectivity index (χ3n) is 3.45. The molecule has 1 heterocycles. The minimum Gasteiger partial charge on any atom is -0.338 e. The van der Waals surface area contributed by atoms with Crippen LogP contribution in [0.4, 0.5) is 0 Å². The van der Waals surface area contributed by atoms with E-state index >= 15 is 0 Å². The van der Waals surface area contributed by atoms with Gasteiger partial charge in [0, 0.05) is 31.9 Å². The molecule has 0 saturated heterocycles. The molecule has 1 atom stereocenters. The van der Waals surface area contributed by atoms with E-state index in [4.69, 9.17) is 0 Å². The van der Waals surface area contributed by atoms with Gasteiger partial charge in [-0.25, -0.2) is 4.98 Å². The van der Waals surface area contributed by atoms with E-state index in [0.717, 1.165) is 6.42 Å². The molecule has 1 unspecified atom stereocenters. The van der Waals surface area contributed by atoms with Gasteiger partial charge in [-0.2, -0.15) is 0 Å². The maximum atomic E-state index is 4.37. The van der Waals surface area contributed by atoms with Gasteiger partial charge in [-0.15, -0.1) is 0 Å². The van der Waals surface area contributed by atoms with Crippen LogP contribution in [0.2, 0.25) is 0 Å². The summed E-state index contributed by atoms with van der Waals surface area (Å²) in [5.74, 6) is 1.19. The molecule has 3 heteroatoms. The molecule has 98 valence electrons. The Bertz CT molecular complexity index is 293. The number of imidazole rings is 1. The van der Waals surface area contributed by atoms with Crippen LogP contribution in [0.15, 0.2) is 12.4 Å². The van der Waals surface area contributed by atoms with Gasteiger partial charge in [-0.3, -0.25) is 0 Å². The zero-order valence-electron chi connectivity index (χ0n) is 11.6. The molecule has 0 bridgehead atoms. The summed E-state index contributed by atoms with van der Waals surface area (Å²) in [4.78, 5) is 4.37. The summed E-state index contributed by atoms with van der Waals surface area (Å²) in [6.45, 7) is 2.26. The predicted octanol–water partition coefficient (Wildman–Crippen LogP) is 2.91. The minimum absolute atomic E-state index is 0.642. The molecule has 3 nitrogen and oxygen atoms in total. The summed E-state index contributed by atoms with van der Waals surface area (Å²) in [6.07, 6.45) is 12.9. The lowest BCUT2D eigenvalue weighted by atomic mass is 10.0. The van der Waals surface area contributed by atoms with Crippen LogP contribution >= 0.6 is 0 Å².